The van der Waals surface area contributed by atoms with E-state index in [9.17, 15) is 9.90 Å². The Morgan fingerprint density at radius 1 is 1.06 bits per heavy atom. The molecule has 1 heterocycles. The number of esters is 1. The number of nitrogens with two attached hydrogens (primary N) is 1. The topological polar surface area (TPSA) is 97.4 Å². The Balaban J connectivity index is 1.33. The van der Waals surface area contributed by atoms with Gasteiger partial charge in [-0.15, -0.1) is 0 Å². The first kappa shape index (κ1) is 24.1. The van der Waals surface area contributed by atoms with E-state index in [1.165, 1.54) is 0 Å². The largest absolute Gasteiger partial charge is 0.497 e. The average Bonchev–Trinajstić information content (AvgIpc) is 3.43. The first-order chi connectivity index (χ1) is 16.5. The van der Waals surface area contributed by atoms with Crippen molar-refractivity contribution in [2.75, 3.05) is 20.2 Å². The minimum Gasteiger partial charge on any atom is -0.497 e. The van der Waals surface area contributed by atoms with Gasteiger partial charge in [0.05, 0.1) is 13.7 Å². The van der Waals surface area contributed by atoms with E-state index in [0.29, 0.717) is 44.0 Å². The number of carbonyl (C=O) groups is 1. The van der Waals surface area contributed by atoms with Crippen LogP contribution in [0.25, 0.3) is 0 Å². The van der Waals surface area contributed by atoms with Crippen LogP contribution in [0.15, 0.2) is 59.6 Å². The highest BCUT2D eigenvalue weighted by molar-refractivity contribution is 5.82. The molecule has 0 unspecified atom stereocenters. The number of guanidine groups is 1. The maximum absolute atomic E-state index is 13.3. The second kappa shape index (κ2) is 10.9. The molecule has 1 atom stereocenters. The molecule has 0 aromatic heterocycles. The zero-order valence-electron chi connectivity index (χ0n) is 19.9. The van der Waals surface area contributed by atoms with E-state index in [2.05, 4.69) is 4.99 Å². The van der Waals surface area contributed by atoms with Crippen LogP contribution in [0.1, 0.15) is 49.7 Å². The molecule has 2 aromatic rings. The number of methoxy groups -OCH3 is 1. The molecule has 1 saturated heterocycles. The third kappa shape index (κ3) is 5.36. The maximum Gasteiger partial charge on any atom is 0.343 e. The summed E-state index contributed by atoms with van der Waals surface area (Å²) >= 11 is 0. The van der Waals surface area contributed by atoms with Gasteiger partial charge >= 0.3 is 5.97 Å². The number of piperidine rings is 1. The highest BCUT2D eigenvalue weighted by Gasteiger charge is 2.48. The Labute approximate surface area is 201 Å². The number of carbonyl (C=O) groups excluding carboxylic acids is 1. The number of aliphatic hydroxyl groups is 1. The van der Waals surface area contributed by atoms with Crippen LogP contribution in [-0.4, -0.2) is 48.2 Å². The summed E-state index contributed by atoms with van der Waals surface area (Å²) < 4.78 is 11.1. The molecule has 7 heteroatoms. The van der Waals surface area contributed by atoms with E-state index in [1.807, 2.05) is 59.5 Å². The Morgan fingerprint density at radius 2 is 1.71 bits per heavy atom. The molecular weight excluding hydrogens is 430 g/mol. The number of aliphatic imine (C=N–C) groups is 1. The molecule has 0 spiro atoms. The standard InChI is InChI=1S/C27H35N3O4/c1-33-23-13-11-20(12-14-23)19-29-26(28)30-17-15-24(16-18-30)34-25(31)27(32,22-9-5-6-10-22)21-7-3-2-4-8-21/h2-4,7-8,11-14,22,24,32H,5-6,9-10,15-19H2,1H3,(H2,28,29)/t27-/m0/s1. The molecule has 4 rings (SSSR count). The van der Waals surface area contributed by atoms with Gasteiger partial charge < -0.3 is 25.2 Å². The third-order valence-corrected chi connectivity index (χ3v) is 7.09. The molecule has 2 aromatic carbocycles. The van der Waals surface area contributed by atoms with Crippen LogP contribution in [0.2, 0.25) is 0 Å². The van der Waals surface area contributed by atoms with Crippen LogP contribution in [-0.2, 0) is 21.7 Å². The Morgan fingerprint density at radius 3 is 2.32 bits per heavy atom. The Hall–Kier alpha value is -3.06. The van der Waals surface area contributed by atoms with E-state index in [0.717, 1.165) is 37.0 Å². The molecule has 2 fully saturated rings. The van der Waals surface area contributed by atoms with Crippen LogP contribution < -0.4 is 10.5 Å². The van der Waals surface area contributed by atoms with Gasteiger partial charge in [-0.25, -0.2) is 9.79 Å². The van der Waals surface area contributed by atoms with Crippen LogP contribution >= 0.6 is 0 Å². The molecule has 0 radical (unpaired) electrons. The van der Waals surface area contributed by atoms with Crippen molar-refractivity contribution in [3.63, 3.8) is 0 Å². The second-order valence-corrected chi connectivity index (χ2v) is 9.23. The Kier molecular flexibility index (Phi) is 7.73. The molecule has 3 N–H and O–H groups in total. The summed E-state index contributed by atoms with van der Waals surface area (Å²) in [5.41, 5.74) is 6.32. The lowest BCUT2D eigenvalue weighted by Gasteiger charge is -2.36. The van der Waals surface area contributed by atoms with Crippen molar-refractivity contribution in [3.8, 4) is 5.75 Å². The molecule has 182 valence electrons. The van der Waals surface area contributed by atoms with Crippen molar-refractivity contribution in [1.82, 2.24) is 4.90 Å². The second-order valence-electron chi connectivity index (χ2n) is 9.23. The lowest BCUT2D eigenvalue weighted by Crippen LogP contribution is -2.48. The summed E-state index contributed by atoms with van der Waals surface area (Å²) in [6.07, 6.45) is 4.79. The van der Waals surface area contributed by atoms with Crippen molar-refractivity contribution in [2.24, 2.45) is 16.6 Å². The average molecular weight is 466 g/mol. The Bertz CT molecular complexity index is 965. The zero-order valence-corrected chi connectivity index (χ0v) is 19.9. The monoisotopic (exact) mass is 465 g/mol. The van der Waals surface area contributed by atoms with Crippen molar-refractivity contribution >= 4 is 11.9 Å². The van der Waals surface area contributed by atoms with E-state index in [1.54, 1.807) is 7.11 Å². The summed E-state index contributed by atoms with van der Waals surface area (Å²) in [5.74, 6) is 0.671. The van der Waals surface area contributed by atoms with Gasteiger partial charge in [0.15, 0.2) is 11.6 Å². The summed E-state index contributed by atoms with van der Waals surface area (Å²) in [4.78, 5) is 19.8. The molecule has 1 aliphatic heterocycles. The normalized spacial score (nSPS) is 19.6. The van der Waals surface area contributed by atoms with Gasteiger partial charge in [0.1, 0.15) is 11.9 Å². The molecule has 0 amide bonds. The molecule has 7 nitrogen and oxygen atoms in total. The summed E-state index contributed by atoms with van der Waals surface area (Å²) in [7, 11) is 1.64. The molecule has 0 bridgehead atoms. The quantitative estimate of drug-likeness (QED) is 0.368. The summed E-state index contributed by atoms with van der Waals surface area (Å²) in [5, 5.41) is 11.6. The lowest BCUT2D eigenvalue weighted by molar-refractivity contribution is -0.181. The van der Waals surface area contributed by atoms with Crippen LogP contribution in [0.4, 0.5) is 0 Å². The van der Waals surface area contributed by atoms with Gasteiger partial charge in [0.2, 0.25) is 0 Å². The number of nitrogens with zero attached hydrogens (tertiary/aromatic N) is 2. The van der Waals surface area contributed by atoms with E-state index in [4.69, 9.17) is 15.2 Å². The van der Waals surface area contributed by atoms with Crippen LogP contribution in [0.5, 0.6) is 5.75 Å². The van der Waals surface area contributed by atoms with Gasteiger partial charge in [-0.1, -0.05) is 55.3 Å². The van der Waals surface area contributed by atoms with Crippen LogP contribution in [0.3, 0.4) is 0 Å². The summed E-state index contributed by atoms with van der Waals surface area (Å²) in [6.45, 7) is 1.81. The highest BCUT2D eigenvalue weighted by Crippen LogP contribution is 2.42. The molecular formula is C27H35N3O4. The van der Waals surface area contributed by atoms with Crippen molar-refractivity contribution in [1.29, 1.82) is 0 Å². The fourth-order valence-electron chi connectivity index (χ4n) is 5.00. The molecule has 1 saturated carbocycles. The van der Waals surface area contributed by atoms with E-state index in [-0.39, 0.29) is 12.0 Å². The minimum atomic E-state index is -1.59. The SMILES string of the molecule is COc1ccc(CN=C(N)N2CCC(OC(=O)[C@](O)(c3ccccc3)C3CCCC3)CC2)cc1. The van der Waals surface area contributed by atoms with E-state index >= 15 is 0 Å². The number of hydrogen-bond donors (Lipinski definition) is 2. The summed E-state index contributed by atoms with van der Waals surface area (Å²) in [6, 6.07) is 17.0. The number of hydrogen-bond acceptors (Lipinski definition) is 5. The number of likely N-dealkylation sites (tertiary alicyclic amines) is 1. The van der Waals surface area contributed by atoms with E-state index < -0.39 is 11.6 Å². The number of ether oxygens (including phenoxy) is 2. The zero-order chi connectivity index (χ0) is 24.0. The van der Waals surface area contributed by atoms with Crippen molar-refractivity contribution < 1.29 is 19.4 Å². The molecule has 1 aliphatic carbocycles. The van der Waals surface area contributed by atoms with Gasteiger partial charge in [-0.3, -0.25) is 0 Å². The first-order valence-electron chi connectivity index (χ1n) is 12.2. The minimum absolute atomic E-state index is 0.108. The van der Waals surface area contributed by atoms with Crippen LogP contribution in [0, 0.1) is 5.92 Å². The third-order valence-electron chi connectivity index (χ3n) is 7.09. The maximum atomic E-state index is 13.3. The fraction of sp³-hybridized carbons (Fsp3) is 0.481. The fourth-order valence-corrected chi connectivity index (χ4v) is 5.00. The molecule has 2 aliphatic rings. The van der Waals surface area contributed by atoms with Crippen molar-refractivity contribution in [3.05, 3.63) is 65.7 Å². The van der Waals surface area contributed by atoms with Gasteiger partial charge in [-0.05, 0) is 36.1 Å². The smallest absolute Gasteiger partial charge is 0.343 e. The number of benzene rings is 2. The highest BCUT2D eigenvalue weighted by atomic mass is 16.6. The van der Waals surface area contributed by atoms with Gasteiger partial charge in [0.25, 0.3) is 0 Å². The molecule has 34 heavy (non-hydrogen) atoms. The predicted molar refractivity (Wildman–Crippen MR) is 131 cm³/mol. The first-order valence-corrected chi connectivity index (χ1v) is 12.2. The van der Waals surface area contributed by atoms with Crippen molar-refractivity contribution in [2.45, 2.75) is 56.8 Å². The lowest BCUT2D eigenvalue weighted by atomic mass is 9.80. The van der Waals surface area contributed by atoms with Gasteiger partial charge in [-0.2, -0.15) is 0 Å². The van der Waals surface area contributed by atoms with Gasteiger partial charge in [0, 0.05) is 31.8 Å². The number of rotatable bonds is 7. The predicted octanol–water partition coefficient (Wildman–Crippen LogP) is 3.60.